The van der Waals surface area contributed by atoms with E-state index in [1.54, 1.807) is 22.9 Å². The molecule has 1 aromatic heterocycles. The third-order valence-electron chi connectivity index (χ3n) is 5.20. The molecule has 3 aromatic rings. The second kappa shape index (κ2) is 7.28. The standard InChI is InChI=1S/C22H19N3O5S/c1-14-4-2-3-5-18(14)25-22(16-11-31(27,28)12-17(16)24-25)23-21(26)9-7-15-6-8-19-20(10-15)30-13-29-19/h2-10H,11-13H2,1H3,(H,23,26)/b9-7-. The van der Waals surface area contributed by atoms with Gasteiger partial charge in [-0.1, -0.05) is 24.3 Å². The van der Waals surface area contributed by atoms with Gasteiger partial charge in [-0.3, -0.25) is 4.79 Å². The summed E-state index contributed by atoms with van der Waals surface area (Å²) in [7, 11) is -3.26. The van der Waals surface area contributed by atoms with Crippen LogP contribution in [0.4, 0.5) is 5.82 Å². The number of aromatic nitrogens is 2. The van der Waals surface area contributed by atoms with Gasteiger partial charge in [0.15, 0.2) is 21.3 Å². The van der Waals surface area contributed by atoms with E-state index in [0.29, 0.717) is 28.6 Å². The monoisotopic (exact) mass is 437 g/mol. The molecule has 8 nitrogen and oxygen atoms in total. The summed E-state index contributed by atoms with van der Waals surface area (Å²) < 4.78 is 36.5. The third-order valence-corrected chi connectivity index (χ3v) is 6.64. The Morgan fingerprint density at radius 2 is 1.94 bits per heavy atom. The lowest BCUT2D eigenvalue weighted by Gasteiger charge is -2.12. The third kappa shape index (κ3) is 3.68. The molecule has 0 aliphatic carbocycles. The second-order valence-electron chi connectivity index (χ2n) is 7.44. The smallest absolute Gasteiger partial charge is 0.249 e. The number of para-hydroxylation sites is 1. The van der Waals surface area contributed by atoms with Crippen molar-refractivity contribution < 1.29 is 22.7 Å². The lowest BCUT2D eigenvalue weighted by Crippen LogP contribution is -2.15. The van der Waals surface area contributed by atoms with Crippen molar-refractivity contribution in [3.05, 3.63) is 70.9 Å². The number of rotatable bonds is 4. The highest BCUT2D eigenvalue weighted by molar-refractivity contribution is 7.90. The largest absolute Gasteiger partial charge is 0.454 e. The maximum atomic E-state index is 12.7. The fourth-order valence-corrected chi connectivity index (χ4v) is 5.19. The van der Waals surface area contributed by atoms with Gasteiger partial charge in [-0.15, -0.1) is 0 Å². The van der Waals surface area contributed by atoms with Crippen molar-refractivity contribution in [3.63, 3.8) is 0 Å². The highest BCUT2D eigenvalue weighted by atomic mass is 32.2. The van der Waals surface area contributed by atoms with Gasteiger partial charge in [-0.25, -0.2) is 13.1 Å². The number of ether oxygens (including phenoxy) is 2. The van der Waals surface area contributed by atoms with E-state index in [1.165, 1.54) is 6.08 Å². The van der Waals surface area contributed by atoms with Crippen LogP contribution in [0.25, 0.3) is 11.8 Å². The van der Waals surface area contributed by atoms with Crippen LogP contribution in [-0.2, 0) is 26.1 Å². The Morgan fingerprint density at radius 3 is 2.77 bits per heavy atom. The van der Waals surface area contributed by atoms with Crippen LogP contribution in [0, 0.1) is 6.92 Å². The molecule has 31 heavy (non-hydrogen) atoms. The van der Waals surface area contributed by atoms with E-state index in [1.807, 2.05) is 37.3 Å². The topological polar surface area (TPSA) is 99.5 Å². The molecular formula is C22H19N3O5S. The Kier molecular flexibility index (Phi) is 4.55. The van der Waals surface area contributed by atoms with Gasteiger partial charge in [0.05, 0.1) is 22.9 Å². The van der Waals surface area contributed by atoms with Crippen LogP contribution in [0.15, 0.2) is 48.5 Å². The maximum Gasteiger partial charge on any atom is 0.249 e. The molecule has 158 valence electrons. The van der Waals surface area contributed by atoms with Crippen LogP contribution in [0.1, 0.15) is 22.4 Å². The summed E-state index contributed by atoms with van der Waals surface area (Å²) in [5.41, 5.74) is 3.52. The van der Waals surface area contributed by atoms with Crippen LogP contribution in [0.2, 0.25) is 0 Å². The predicted molar refractivity (Wildman–Crippen MR) is 115 cm³/mol. The predicted octanol–water partition coefficient (Wildman–Crippen LogP) is 2.99. The molecule has 0 unspecified atom stereocenters. The van der Waals surface area contributed by atoms with Gasteiger partial charge in [0.25, 0.3) is 0 Å². The molecule has 2 aliphatic rings. The first-order valence-corrected chi connectivity index (χ1v) is 11.5. The van der Waals surface area contributed by atoms with Gasteiger partial charge in [0.1, 0.15) is 5.82 Å². The van der Waals surface area contributed by atoms with Crippen molar-refractivity contribution in [2.45, 2.75) is 18.4 Å². The fourth-order valence-electron chi connectivity index (χ4n) is 3.69. The molecule has 2 aromatic carbocycles. The SMILES string of the molecule is Cc1ccccc1-n1nc2c(c1NC(=O)/C=C\c1ccc3c(c1)OCO3)CS(=O)(=O)C2. The number of nitrogens with zero attached hydrogens (tertiary/aromatic N) is 2. The molecule has 0 saturated carbocycles. The lowest BCUT2D eigenvalue weighted by atomic mass is 10.2. The van der Waals surface area contributed by atoms with Crippen molar-refractivity contribution in [1.82, 2.24) is 9.78 Å². The highest BCUT2D eigenvalue weighted by Gasteiger charge is 2.33. The van der Waals surface area contributed by atoms with Crippen LogP contribution < -0.4 is 14.8 Å². The number of anilines is 1. The van der Waals surface area contributed by atoms with E-state index in [2.05, 4.69) is 10.4 Å². The number of nitrogens with one attached hydrogen (secondary N) is 1. The van der Waals surface area contributed by atoms with Crippen molar-refractivity contribution >= 4 is 27.6 Å². The zero-order chi connectivity index (χ0) is 21.6. The van der Waals surface area contributed by atoms with Gasteiger partial charge in [0, 0.05) is 11.6 Å². The summed E-state index contributed by atoms with van der Waals surface area (Å²) in [6, 6.07) is 13.0. The Labute approximate surface area is 179 Å². The molecule has 5 rings (SSSR count). The van der Waals surface area contributed by atoms with E-state index < -0.39 is 9.84 Å². The molecular weight excluding hydrogens is 418 g/mol. The maximum absolute atomic E-state index is 12.7. The van der Waals surface area contributed by atoms with E-state index in [9.17, 15) is 13.2 Å². The van der Waals surface area contributed by atoms with Gasteiger partial charge in [-0.05, 0) is 42.3 Å². The molecule has 0 spiro atoms. The zero-order valence-electron chi connectivity index (χ0n) is 16.7. The molecule has 0 fully saturated rings. The number of fused-ring (bicyclic) bond motifs is 2. The van der Waals surface area contributed by atoms with Crippen LogP contribution in [-0.4, -0.2) is 30.9 Å². The molecule has 0 saturated heterocycles. The van der Waals surface area contributed by atoms with E-state index in [0.717, 1.165) is 16.8 Å². The zero-order valence-corrected chi connectivity index (χ0v) is 17.5. The molecule has 3 heterocycles. The number of sulfone groups is 1. The number of carbonyl (C=O) groups excluding carboxylic acids is 1. The number of amides is 1. The summed E-state index contributed by atoms with van der Waals surface area (Å²) in [5.74, 6) is 1.02. The summed E-state index contributed by atoms with van der Waals surface area (Å²) >= 11 is 0. The van der Waals surface area contributed by atoms with Gasteiger partial charge >= 0.3 is 0 Å². The summed E-state index contributed by atoms with van der Waals surface area (Å²) in [5, 5.41) is 7.33. The first kappa shape index (κ1) is 19.4. The van der Waals surface area contributed by atoms with Gasteiger partial charge in [-0.2, -0.15) is 5.10 Å². The average Bonchev–Trinajstić information content (AvgIpc) is 3.40. The molecule has 2 aliphatic heterocycles. The molecule has 1 amide bonds. The van der Waals surface area contributed by atoms with Crippen LogP contribution in [0.5, 0.6) is 11.5 Å². The van der Waals surface area contributed by atoms with Crippen LogP contribution >= 0.6 is 0 Å². The second-order valence-corrected chi connectivity index (χ2v) is 9.50. The summed E-state index contributed by atoms with van der Waals surface area (Å²) in [6.45, 7) is 2.11. The first-order chi connectivity index (χ1) is 14.9. The number of hydrogen-bond donors (Lipinski definition) is 1. The van der Waals surface area contributed by atoms with Crippen molar-refractivity contribution in [3.8, 4) is 17.2 Å². The van der Waals surface area contributed by atoms with Crippen LogP contribution in [0.3, 0.4) is 0 Å². The molecule has 0 radical (unpaired) electrons. The van der Waals surface area contributed by atoms with E-state index in [-0.39, 0.29) is 24.2 Å². The quantitative estimate of drug-likeness (QED) is 0.630. The summed E-state index contributed by atoms with van der Waals surface area (Å²) in [4.78, 5) is 12.7. The number of benzene rings is 2. The summed E-state index contributed by atoms with van der Waals surface area (Å²) in [6.07, 6.45) is 3.05. The average molecular weight is 437 g/mol. The lowest BCUT2D eigenvalue weighted by molar-refractivity contribution is -0.111. The molecule has 9 heteroatoms. The Bertz CT molecular complexity index is 1340. The molecule has 0 bridgehead atoms. The van der Waals surface area contributed by atoms with Gasteiger partial charge < -0.3 is 14.8 Å². The fraction of sp³-hybridized carbons (Fsp3) is 0.182. The Morgan fingerprint density at radius 1 is 1.13 bits per heavy atom. The van der Waals surface area contributed by atoms with Gasteiger partial charge in [0.2, 0.25) is 12.7 Å². The Hall–Kier alpha value is -3.59. The molecule has 1 N–H and O–H groups in total. The normalized spacial score (nSPS) is 15.9. The van der Waals surface area contributed by atoms with Crippen molar-refractivity contribution in [1.29, 1.82) is 0 Å². The minimum atomic E-state index is -3.26. The van der Waals surface area contributed by atoms with Crippen molar-refractivity contribution in [2.75, 3.05) is 12.1 Å². The number of carbonyl (C=O) groups is 1. The minimum absolute atomic E-state index is 0.128. The van der Waals surface area contributed by atoms with E-state index >= 15 is 0 Å². The highest BCUT2D eigenvalue weighted by Crippen LogP contribution is 2.34. The Balaban J connectivity index is 1.45. The minimum Gasteiger partial charge on any atom is -0.454 e. The number of hydrogen-bond acceptors (Lipinski definition) is 6. The first-order valence-electron chi connectivity index (χ1n) is 9.65. The number of aryl methyl sites for hydroxylation is 1. The van der Waals surface area contributed by atoms with E-state index in [4.69, 9.17) is 9.47 Å². The van der Waals surface area contributed by atoms with Crippen molar-refractivity contribution in [2.24, 2.45) is 0 Å². The molecule has 0 atom stereocenters.